The van der Waals surface area contributed by atoms with E-state index in [1.807, 2.05) is 27.7 Å². The fraction of sp³-hybridized carbons (Fsp3) is 0.125. The van der Waals surface area contributed by atoms with Crippen LogP contribution in [0.1, 0.15) is 63.7 Å². The predicted molar refractivity (Wildman–Crippen MR) is 147 cm³/mol. The zero-order valence-corrected chi connectivity index (χ0v) is 21.9. The summed E-state index contributed by atoms with van der Waals surface area (Å²) in [7, 11) is 0. The minimum Gasteiger partial charge on any atom is -0.457 e. The Balaban J connectivity index is 1.18. The van der Waals surface area contributed by atoms with Crippen molar-refractivity contribution in [2.24, 2.45) is 0 Å². The summed E-state index contributed by atoms with van der Waals surface area (Å²) in [4.78, 5) is 54.2. The molecule has 2 aliphatic heterocycles. The first-order valence-corrected chi connectivity index (χ1v) is 12.5. The summed E-state index contributed by atoms with van der Waals surface area (Å²) < 4.78 is 5.93. The van der Waals surface area contributed by atoms with Gasteiger partial charge in [0.1, 0.15) is 11.5 Å². The number of carbonyl (C=O) groups is 4. The summed E-state index contributed by atoms with van der Waals surface area (Å²) in [5.41, 5.74) is 6.38. The zero-order chi connectivity index (χ0) is 27.6. The van der Waals surface area contributed by atoms with Gasteiger partial charge in [-0.1, -0.05) is 0 Å². The van der Waals surface area contributed by atoms with Crippen molar-refractivity contribution in [3.05, 3.63) is 117 Å². The molecule has 6 rings (SSSR count). The number of fused-ring (bicyclic) bond motifs is 2. The molecule has 0 radical (unpaired) electrons. The number of carbonyl (C=O) groups excluding carboxylic acids is 4. The third-order valence-electron chi connectivity index (χ3n) is 7.43. The van der Waals surface area contributed by atoms with E-state index in [9.17, 15) is 19.2 Å². The fourth-order valence-corrected chi connectivity index (χ4v) is 4.94. The van der Waals surface area contributed by atoms with E-state index in [4.69, 9.17) is 4.74 Å². The first kappa shape index (κ1) is 24.3. The van der Waals surface area contributed by atoms with E-state index in [0.29, 0.717) is 45.1 Å². The number of rotatable bonds is 4. The van der Waals surface area contributed by atoms with Crippen LogP contribution in [0.5, 0.6) is 11.5 Å². The van der Waals surface area contributed by atoms with Gasteiger partial charge in [-0.15, -0.1) is 0 Å². The average molecular weight is 517 g/mol. The number of hydrogen-bond donors (Lipinski definition) is 0. The van der Waals surface area contributed by atoms with Gasteiger partial charge in [-0.3, -0.25) is 19.2 Å². The molecular weight excluding hydrogens is 492 g/mol. The second-order valence-electron chi connectivity index (χ2n) is 9.95. The summed E-state index contributed by atoms with van der Waals surface area (Å²) in [6, 6.07) is 20.4. The van der Waals surface area contributed by atoms with E-state index in [1.165, 1.54) is 9.80 Å². The molecule has 4 aromatic rings. The Morgan fingerprint density at radius 2 is 0.692 bits per heavy atom. The van der Waals surface area contributed by atoms with Crippen molar-refractivity contribution in [2.45, 2.75) is 27.7 Å². The molecule has 7 nitrogen and oxygen atoms in total. The Morgan fingerprint density at radius 3 is 0.949 bits per heavy atom. The molecule has 4 aromatic carbocycles. The first-order chi connectivity index (χ1) is 18.6. The monoisotopic (exact) mass is 516 g/mol. The van der Waals surface area contributed by atoms with E-state index in [1.54, 1.807) is 72.8 Å². The van der Waals surface area contributed by atoms with Crippen LogP contribution >= 0.6 is 0 Å². The van der Waals surface area contributed by atoms with Crippen LogP contribution in [-0.4, -0.2) is 23.6 Å². The van der Waals surface area contributed by atoms with Crippen LogP contribution in [0.3, 0.4) is 0 Å². The van der Waals surface area contributed by atoms with Crippen molar-refractivity contribution in [3.63, 3.8) is 0 Å². The van der Waals surface area contributed by atoms with E-state index in [-0.39, 0.29) is 23.6 Å². The molecule has 0 atom stereocenters. The van der Waals surface area contributed by atoms with Crippen LogP contribution in [-0.2, 0) is 0 Å². The molecular formula is C32H24N2O5. The van der Waals surface area contributed by atoms with E-state index >= 15 is 0 Å². The Bertz CT molecular complexity index is 1530. The van der Waals surface area contributed by atoms with Gasteiger partial charge in [-0.2, -0.15) is 0 Å². The second kappa shape index (κ2) is 8.77. The molecule has 0 fully saturated rings. The molecule has 0 saturated carbocycles. The van der Waals surface area contributed by atoms with Gasteiger partial charge in [0, 0.05) is 0 Å². The summed E-state index contributed by atoms with van der Waals surface area (Å²) >= 11 is 0. The number of ether oxygens (including phenoxy) is 1. The van der Waals surface area contributed by atoms with Crippen molar-refractivity contribution in [1.29, 1.82) is 0 Å². The largest absolute Gasteiger partial charge is 0.457 e. The van der Waals surface area contributed by atoms with Crippen molar-refractivity contribution < 1.29 is 23.9 Å². The van der Waals surface area contributed by atoms with E-state index in [0.717, 1.165) is 22.3 Å². The molecule has 0 aromatic heterocycles. The summed E-state index contributed by atoms with van der Waals surface area (Å²) in [6.07, 6.45) is 0. The first-order valence-electron chi connectivity index (χ1n) is 12.5. The van der Waals surface area contributed by atoms with Crippen molar-refractivity contribution in [1.82, 2.24) is 0 Å². The molecule has 0 spiro atoms. The number of aryl methyl sites for hydroxylation is 4. The summed E-state index contributed by atoms with van der Waals surface area (Å²) in [5, 5.41) is 0. The molecule has 2 heterocycles. The van der Waals surface area contributed by atoms with Crippen LogP contribution in [0.15, 0.2) is 72.8 Å². The lowest BCUT2D eigenvalue weighted by Gasteiger charge is -2.16. The van der Waals surface area contributed by atoms with Gasteiger partial charge in [-0.05, 0) is 123 Å². The standard InChI is InChI=1S/C32H24N2O5/c1-17-13-25-26(14-18(17)2)30(36)33(29(25)35)21-5-9-23(10-6-21)39-24-11-7-22(8-12-24)34-31(37)27-15-19(3)20(4)16-28(27)32(34)38/h5-16H,1-4H3. The van der Waals surface area contributed by atoms with Gasteiger partial charge in [0.05, 0.1) is 33.6 Å². The minimum atomic E-state index is -0.346. The smallest absolute Gasteiger partial charge is 0.266 e. The predicted octanol–water partition coefficient (Wildman–Crippen LogP) is 6.31. The molecule has 0 N–H and O–H groups in total. The molecule has 0 aliphatic carbocycles. The van der Waals surface area contributed by atoms with Crippen molar-refractivity contribution in [3.8, 4) is 11.5 Å². The van der Waals surface area contributed by atoms with E-state index < -0.39 is 0 Å². The highest BCUT2D eigenvalue weighted by Crippen LogP contribution is 2.34. The number of anilines is 2. The Kier molecular flexibility index (Phi) is 5.47. The maximum atomic E-state index is 13.0. The number of nitrogens with zero attached hydrogens (tertiary/aromatic N) is 2. The summed E-state index contributed by atoms with van der Waals surface area (Å²) in [6.45, 7) is 7.65. The van der Waals surface area contributed by atoms with Gasteiger partial charge in [-0.25, -0.2) is 9.80 Å². The zero-order valence-electron chi connectivity index (χ0n) is 21.9. The van der Waals surface area contributed by atoms with Crippen LogP contribution in [0.25, 0.3) is 0 Å². The highest BCUT2D eigenvalue weighted by Gasteiger charge is 2.38. The number of benzene rings is 4. The SMILES string of the molecule is Cc1cc2c(cc1C)C(=O)N(c1ccc(Oc3ccc(N4C(=O)c5cc(C)c(C)cc5C4=O)cc3)cc1)C2=O. The third-order valence-corrected chi connectivity index (χ3v) is 7.43. The van der Waals surface area contributed by atoms with Crippen molar-refractivity contribution >= 4 is 35.0 Å². The lowest BCUT2D eigenvalue weighted by Crippen LogP contribution is -2.29. The van der Waals surface area contributed by atoms with Gasteiger partial charge < -0.3 is 4.74 Å². The quantitative estimate of drug-likeness (QED) is 0.297. The average Bonchev–Trinajstić information content (AvgIpc) is 3.29. The molecule has 2 aliphatic rings. The lowest BCUT2D eigenvalue weighted by atomic mass is 10.0. The Morgan fingerprint density at radius 1 is 0.436 bits per heavy atom. The molecule has 0 bridgehead atoms. The Hall–Kier alpha value is -5.04. The number of amides is 4. The highest BCUT2D eigenvalue weighted by atomic mass is 16.5. The highest BCUT2D eigenvalue weighted by molar-refractivity contribution is 6.35. The lowest BCUT2D eigenvalue weighted by molar-refractivity contribution is 0.0910. The van der Waals surface area contributed by atoms with Crippen molar-refractivity contribution in [2.75, 3.05) is 9.80 Å². The fourth-order valence-electron chi connectivity index (χ4n) is 4.94. The molecule has 4 amide bonds. The van der Waals surface area contributed by atoms with Crippen LogP contribution in [0, 0.1) is 27.7 Å². The van der Waals surface area contributed by atoms with Crippen LogP contribution < -0.4 is 14.5 Å². The Labute approximate surface area is 225 Å². The van der Waals surface area contributed by atoms with Crippen LogP contribution in [0.2, 0.25) is 0 Å². The number of hydrogen-bond acceptors (Lipinski definition) is 5. The minimum absolute atomic E-state index is 0.346. The third kappa shape index (κ3) is 3.82. The van der Waals surface area contributed by atoms with Gasteiger partial charge in [0.25, 0.3) is 23.6 Å². The summed E-state index contributed by atoms with van der Waals surface area (Å²) in [5.74, 6) is -0.383. The topological polar surface area (TPSA) is 84.0 Å². The molecule has 7 heteroatoms. The maximum absolute atomic E-state index is 13.0. The maximum Gasteiger partial charge on any atom is 0.266 e. The molecule has 0 unspecified atom stereocenters. The molecule has 192 valence electrons. The molecule has 39 heavy (non-hydrogen) atoms. The van der Waals surface area contributed by atoms with Crippen LogP contribution in [0.4, 0.5) is 11.4 Å². The normalized spacial score (nSPS) is 14.3. The van der Waals surface area contributed by atoms with Gasteiger partial charge in [0.2, 0.25) is 0 Å². The second-order valence-corrected chi connectivity index (χ2v) is 9.95. The number of imide groups is 2. The molecule has 0 saturated heterocycles. The van der Waals surface area contributed by atoms with Gasteiger partial charge >= 0.3 is 0 Å². The van der Waals surface area contributed by atoms with E-state index in [2.05, 4.69) is 0 Å². The van der Waals surface area contributed by atoms with Gasteiger partial charge in [0.15, 0.2) is 0 Å².